The van der Waals surface area contributed by atoms with Crippen LogP contribution in [0, 0.1) is 0 Å². The van der Waals surface area contributed by atoms with Crippen molar-refractivity contribution in [3.05, 3.63) is 36.2 Å². The molecule has 2 rings (SSSR count). The van der Waals surface area contributed by atoms with Crippen molar-refractivity contribution in [1.29, 1.82) is 0 Å². The first kappa shape index (κ1) is 9.39. The molecule has 1 aromatic heterocycles. The molecule has 2 heterocycles. The maximum atomic E-state index is 10.8. The highest BCUT2D eigenvalue weighted by Gasteiger charge is 2.11. The van der Waals surface area contributed by atoms with Gasteiger partial charge in [-0.25, -0.2) is 9.98 Å². The van der Waals surface area contributed by atoms with Crippen molar-refractivity contribution in [3.8, 4) is 0 Å². The summed E-state index contributed by atoms with van der Waals surface area (Å²) in [7, 11) is 0. The number of carbonyl (C=O) groups excluding carboxylic acids is 1. The number of amides is 1. The van der Waals surface area contributed by atoms with Crippen LogP contribution in [0.4, 0.5) is 5.82 Å². The minimum atomic E-state index is -0.507. The van der Waals surface area contributed by atoms with Crippen LogP contribution in [0.1, 0.15) is 0 Å². The fourth-order valence-corrected chi connectivity index (χ4v) is 1.26. The normalized spacial score (nSPS) is 14.9. The maximum absolute atomic E-state index is 10.8. The summed E-state index contributed by atoms with van der Waals surface area (Å²) in [4.78, 5) is 20.7. The molecule has 1 aliphatic rings. The monoisotopic (exact) mass is 202 g/mol. The number of anilines is 1. The number of hydrogen-bond donors (Lipinski definition) is 1. The van der Waals surface area contributed by atoms with E-state index in [2.05, 4.69) is 9.98 Å². The molecule has 0 saturated heterocycles. The molecule has 5 heteroatoms. The van der Waals surface area contributed by atoms with Crippen molar-refractivity contribution in [3.63, 3.8) is 0 Å². The molecule has 1 amide bonds. The van der Waals surface area contributed by atoms with Crippen molar-refractivity contribution >= 4 is 18.1 Å². The van der Waals surface area contributed by atoms with Crippen molar-refractivity contribution in [1.82, 2.24) is 4.98 Å². The molecule has 0 spiro atoms. The van der Waals surface area contributed by atoms with Gasteiger partial charge in [0.1, 0.15) is 11.5 Å². The fraction of sp³-hybridized carbons (Fsp3) is 0.100. The van der Waals surface area contributed by atoms with E-state index in [1.54, 1.807) is 18.6 Å². The lowest BCUT2D eigenvalue weighted by molar-refractivity contribution is -0.114. The number of hydrogen-bond acceptors (Lipinski definition) is 4. The zero-order valence-electron chi connectivity index (χ0n) is 8.00. The first-order valence-electron chi connectivity index (χ1n) is 4.49. The molecule has 76 valence electrons. The van der Waals surface area contributed by atoms with Gasteiger partial charge in [-0.15, -0.1) is 0 Å². The summed E-state index contributed by atoms with van der Waals surface area (Å²) < 4.78 is 0. The van der Waals surface area contributed by atoms with E-state index in [1.807, 2.05) is 23.1 Å². The Kier molecular flexibility index (Phi) is 2.45. The average Bonchev–Trinajstić information content (AvgIpc) is 2.30. The fourth-order valence-electron chi connectivity index (χ4n) is 1.26. The van der Waals surface area contributed by atoms with Gasteiger partial charge in [0.25, 0.3) is 5.91 Å². The molecule has 15 heavy (non-hydrogen) atoms. The molecule has 0 saturated carbocycles. The summed E-state index contributed by atoms with van der Waals surface area (Å²) in [6.45, 7) is 0.554. The second-order valence-corrected chi connectivity index (χ2v) is 3.04. The van der Waals surface area contributed by atoms with Gasteiger partial charge < -0.3 is 10.6 Å². The van der Waals surface area contributed by atoms with Crippen molar-refractivity contribution in [2.24, 2.45) is 10.7 Å². The number of carbonyl (C=O) groups is 1. The lowest BCUT2D eigenvalue weighted by Gasteiger charge is -2.19. The van der Waals surface area contributed by atoms with E-state index in [0.29, 0.717) is 12.2 Å². The largest absolute Gasteiger partial charge is 0.364 e. The Hall–Kier alpha value is -2.17. The van der Waals surface area contributed by atoms with Crippen LogP contribution in [0.3, 0.4) is 0 Å². The van der Waals surface area contributed by atoms with Crippen LogP contribution in [0.5, 0.6) is 0 Å². The quantitative estimate of drug-likeness (QED) is 0.749. The van der Waals surface area contributed by atoms with Crippen LogP contribution < -0.4 is 10.6 Å². The van der Waals surface area contributed by atoms with Gasteiger partial charge in [0.2, 0.25) is 0 Å². The molecule has 0 radical (unpaired) electrons. The lowest BCUT2D eigenvalue weighted by Crippen LogP contribution is -2.27. The van der Waals surface area contributed by atoms with Crippen LogP contribution in [-0.4, -0.2) is 23.8 Å². The van der Waals surface area contributed by atoms with E-state index in [0.717, 1.165) is 5.82 Å². The topological polar surface area (TPSA) is 71.6 Å². The Morgan fingerprint density at radius 2 is 2.33 bits per heavy atom. The van der Waals surface area contributed by atoms with Crippen LogP contribution in [0.15, 0.2) is 41.2 Å². The molecule has 0 aliphatic carbocycles. The molecule has 0 bridgehead atoms. The van der Waals surface area contributed by atoms with Gasteiger partial charge in [-0.05, 0) is 18.2 Å². The van der Waals surface area contributed by atoms with E-state index in [-0.39, 0.29) is 0 Å². The molecule has 0 fully saturated rings. The third kappa shape index (κ3) is 2.01. The molecule has 0 aromatic carbocycles. The SMILES string of the molecule is NC(=O)C1=CCN(c2ccccn2)C=N1. The minimum absolute atomic E-state index is 0.294. The van der Waals surface area contributed by atoms with E-state index in [4.69, 9.17) is 5.73 Å². The highest BCUT2D eigenvalue weighted by molar-refractivity contribution is 5.95. The number of aliphatic imine (C=N–C) groups is 1. The molecule has 0 atom stereocenters. The summed E-state index contributed by atoms with van der Waals surface area (Å²) in [5.74, 6) is 0.285. The van der Waals surface area contributed by atoms with Gasteiger partial charge in [0, 0.05) is 12.7 Å². The summed E-state index contributed by atoms with van der Waals surface area (Å²) in [6.07, 6.45) is 4.94. The molecule has 2 N–H and O–H groups in total. The summed E-state index contributed by atoms with van der Waals surface area (Å²) in [5.41, 5.74) is 5.39. The first-order chi connectivity index (χ1) is 7.27. The summed E-state index contributed by atoms with van der Waals surface area (Å²) in [5, 5.41) is 0. The highest BCUT2D eigenvalue weighted by Crippen LogP contribution is 2.11. The minimum Gasteiger partial charge on any atom is -0.364 e. The van der Waals surface area contributed by atoms with Gasteiger partial charge in [0.15, 0.2) is 0 Å². The molecule has 5 nitrogen and oxygen atoms in total. The van der Waals surface area contributed by atoms with Gasteiger partial charge in [-0.2, -0.15) is 0 Å². The van der Waals surface area contributed by atoms with E-state index < -0.39 is 5.91 Å². The number of nitrogens with two attached hydrogens (primary N) is 1. The van der Waals surface area contributed by atoms with Crippen LogP contribution >= 0.6 is 0 Å². The van der Waals surface area contributed by atoms with Gasteiger partial charge in [0.05, 0.1) is 6.34 Å². The smallest absolute Gasteiger partial charge is 0.267 e. The standard InChI is InChI=1S/C10H10N4O/c11-10(15)8-4-6-14(7-13-8)9-3-1-2-5-12-9/h1-5,7H,6H2,(H2,11,15). The second kappa shape index (κ2) is 3.91. The van der Waals surface area contributed by atoms with Gasteiger partial charge in [-0.1, -0.05) is 6.07 Å². The Bertz CT molecular complexity index is 424. The maximum Gasteiger partial charge on any atom is 0.267 e. The third-order valence-electron chi connectivity index (χ3n) is 2.01. The highest BCUT2D eigenvalue weighted by atomic mass is 16.1. The third-order valence-corrected chi connectivity index (χ3v) is 2.01. The Morgan fingerprint density at radius 1 is 1.47 bits per heavy atom. The van der Waals surface area contributed by atoms with Gasteiger partial charge in [-0.3, -0.25) is 4.79 Å². The number of primary amides is 1. The number of rotatable bonds is 2. The Morgan fingerprint density at radius 3 is 2.87 bits per heavy atom. The zero-order valence-corrected chi connectivity index (χ0v) is 8.00. The van der Waals surface area contributed by atoms with Crippen molar-refractivity contribution in [2.75, 3.05) is 11.4 Å². The molecule has 1 aliphatic heterocycles. The summed E-state index contributed by atoms with van der Waals surface area (Å²) >= 11 is 0. The molecule has 0 unspecified atom stereocenters. The number of aromatic nitrogens is 1. The lowest BCUT2D eigenvalue weighted by atomic mass is 10.3. The Labute approximate surface area is 86.9 Å². The van der Waals surface area contributed by atoms with E-state index >= 15 is 0 Å². The first-order valence-corrected chi connectivity index (χ1v) is 4.49. The van der Waals surface area contributed by atoms with E-state index in [9.17, 15) is 4.79 Å². The van der Waals surface area contributed by atoms with Crippen LogP contribution in [-0.2, 0) is 4.79 Å². The second-order valence-electron chi connectivity index (χ2n) is 3.04. The predicted octanol–water partition coefficient (Wildman–Crippen LogP) is 0.299. The average molecular weight is 202 g/mol. The van der Waals surface area contributed by atoms with Crippen LogP contribution in [0.25, 0.3) is 0 Å². The Balaban J connectivity index is 2.14. The van der Waals surface area contributed by atoms with E-state index in [1.165, 1.54) is 0 Å². The zero-order chi connectivity index (χ0) is 10.7. The molecular formula is C10H10N4O. The predicted molar refractivity (Wildman–Crippen MR) is 57.4 cm³/mol. The van der Waals surface area contributed by atoms with Crippen LogP contribution in [0.2, 0.25) is 0 Å². The summed E-state index contributed by atoms with van der Waals surface area (Å²) in [6, 6.07) is 5.61. The van der Waals surface area contributed by atoms with Crippen molar-refractivity contribution in [2.45, 2.75) is 0 Å². The van der Waals surface area contributed by atoms with Gasteiger partial charge >= 0.3 is 0 Å². The number of pyridine rings is 1. The molecular weight excluding hydrogens is 192 g/mol. The molecule has 1 aromatic rings. The van der Waals surface area contributed by atoms with Crippen molar-refractivity contribution < 1.29 is 4.79 Å². The number of nitrogens with zero attached hydrogens (tertiary/aromatic N) is 3.